The highest BCUT2D eigenvalue weighted by atomic mass is 19.1. The Hall–Kier alpha value is -2.46. The molecule has 0 heterocycles. The fraction of sp³-hybridized carbons (Fsp3) is 0.211. The van der Waals surface area contributed by atoms with Gasteiger partial charge in [0.05, 0.1) is 0 Å². The third-order valence-electron chi connectivity index (χ3n) is 3.36. The molecular formula is C19H21FN2O. The van der Waals surface area contributed by atoms with E-state index >= 15 is 0 Å². The van der Waals surface area contributed by atoms with Crippen LogP contribution in [0.3, 0.4) is 0 Å². The van der Waals surface area contributed by atoms with Crippen molar-refractivity contribution in [2.75, 3.05) is 14.1 Å². The molecule has 0 atom stereocenters. The summed E-state index contributed by atoms with van der Waals surface area (Å²) in [6.45, 7) is 1.31. The quantitative estimate of drug-likeness (QED) is 0.831. The number of amides is 1. The minimum absolute atomic E-state index is 0.172. The molecule has 2 aromatic rings. The van der Waals surface area contributed by atoms with Gasteiger partial charge in [-0.3, -0.25) is 4.79 Å². The van der Waals surface area contributed by atoms with Gasteiger partial charge < -0.3 is 10.2 Å². The molecule has 2 rings (SSSR count). The summed E-state index contributed by atoms with van der Waals surface area (Å²) in [5.41, 5.74) is 3.08. The van der Waals surface area contributed by atoms with Gasteiger partial charge in [0.25, 0.3) is 0 Å². The molecule has 3 nitrogen and oxygen atoms in total. The lowest BCUT2D eigenvalue weighted by atomic mass is 10.1. The van der Waals surface area contributed by atoms with Crippen LogP contribution in [0.15, 0.2) is 54.6 Å². The highest BCUT2D eigenvalue weighted by Gasteiger charge is 2.04. The van der Waals surface area contributed by atoms with Crippen LogP contribution in [0.2, 0.25) is 0 Å². The summed E-state index contributed by atoms with van der Waals surface area (Å²) in [5, 5.41) is 2.88. The second-order valence-corrected chi connectivity index (χ2v) is 5.61. The SMILES string of the molecule is CN(C)Cc1ccccc1CNC(=O)/C=C/c1ccc(F)cc1. The number of hydrogen-bond donors (Lipinski definition) is 1. The van der Waals surface area contributed by atoms with Gasteiger partial charge in [-0.05, 0) is 49.0 Å². The number of halogens is 1. The van der Waals surface area contributed by atoms with Crippen molar-refractivity contribution in [3.63, 3.8) is 0 Å². The summed E-state index contributed by atoms with van der Waals surface area (Å²) < 4.78 is 12.8. The molecule has 0 saturated carbocycles. The lowest BCUT2D eigenvalue weighted by Gasteiger charge is -2.14. The number of benzene rings is 2. The Kier molecular flexibility index (Phi) is 6.06. The number of nitrogens with zero attached hydrogens (tertiary/aromatic N) is 1. The van der Waals surface area contributed by atoms with E-state index in [1.54, 1.807) is 18.2 Å². The van der Waals surface area contributed by atoms with Crippen molar-refractivity contribution in [2.45, 2.75) is 13.1 Å². The lowest BCUT2D eigenvalue weighted by molar-refractivity contribution is -0.116. The van der Waals surface area contributed by atoms with E-state index in [4.69, 9.17) is 0 Å². The molecule has 0 bridgehead atoms. The van der Waals surface area contributed by atoms with E-state index in [9.17, 15) is 9.18 Å². The van der Waals surface area contributed by atoms with Crippen LogP contribution < -0.4 is 5.32 Å². The first-order chi connectivity index (χ1) is 11.0. The summed E-state index contributed by atoms with van der Waals surface area (Å²) in [6.07, 6.45) is 3.13. The average molecular weight is 312 g/mol. The van der Waals surface area contributed by atoms with Crippen molar-refractivity contribution in [3.8, 4) is 0 Å². The number of hydrogen-bond acceptors (Lipinski definition) is 2. The van der Waals surface area contributed by atoms with Crippen LogP contribution in [-0.2, 0) is 17.9 Å². The largest absolute Gasteiger partial charge is 0.348 e. The monoisotopic (exact) mass is 312 g/mol. The third-order valence-corrected chi connectivity index (χ3v) is 3.36. The number of nitrogens with one attached hydrogen (secondary N) is 1. The van der Waals surface area contributed by atoms with Crippen LogP contribution in [-0.4, -0.2) is 24.9 Å². The molecule has 1 amide bonds. The van der Waals surface area contributed by atoms with E-state index < -0.39 is 0 Å². The molecular weight excluding hydrogens is 291 g/mol. The molecule has 0 fully saturated rings. The molecule has 0 aliphatic rings. The van der Waals surface area contributed by atoms with Gasteiger partial charge in [-0.25, -0.2) is 4.39 Å². The van der Waals surface area contributed by atoms with Crippen LogP contribution in [0.25, 0.3) is 6.08 Å². The maximum Gasteiger partial charge on any atom is 0.244 e. The molecule has 0 saturated heterocycles. The van der Waals surface area contributed by atoms with E-state index in [2.05, 4.69) is 16.3 Å². The Labute approximate surface area is 136 Å². The third kappa shape index (κ3) is 5.68. The van der Waals surface area contributed by atoms with Crippen LogP contribution >= 0.6 is 0 Å². The van der Waals surface area contributed by atoms with Crippen molar-refractivity contribution in [1.82, 2.24) is 10.2 Å². The van der Waals surface area contributed by atoms with E-state index in [1.807, 2.05) is 32.3 Å². The van der Waals surface area contributed by atoms with Gasteiger partial charge in [0.15, 0.2) is 0 Å². The highest BCUT2D eigenvalue weighted by Crippen LogP contribution is 2.10. The Morgan fingerprint density at radius 1 is 1.09 bits per heavy atom. The zero-order valence-corrected chi connectivity index (χ0v) is 13.4. The number of carbonyl (C=O) groups is 1. The molecule has 4 heteroatoms. The van der Waals surface area contributed by atoms with Gasteiger partial charge in [-0.2, -0.15) is 0 Å². The zero-order valence-electron chi connectivity index (χ0n) is 13.4. The van der Waals surface area contributed by atoms with Gasteiger partial charge in [0.1, 0.15) is 5.82 Å². The van der Waals surface area contributed by atoms with E-state index in [-0.39, 0.29) is 11.7 Å². The molecule has 0 aromatic heterocycles. The molecule has 2 aromatic carbocycles. The molecule has 0 spiro atoms. The summed E-state index contributed by atoms with van der Waals surface area (Å²) in [7, 11) is 4.03. The molecule has 23 heavy (non-hydrogen) atoms. The Bertz CT molecular complexity index is 678. The van der Waals surface area contributed by atoms with E-state index in [0.29, 0.717) is 6.54 Å². The van der Waals surface area contributed by atoms with Crippen LogP contribution in [0.4, 0.5) is 4.39 Å². The van der Waals surface area contributed by atoms with Gasteiger partial charge in [-0.1, -0.05) is 36.4 Å². The fourth-order valence-corrected chi connectivity index (χ4v) is 2.21. The summed E-state index contributed by atoms with van der Waals surface area (Å²) in [4.78, 5) is 14.0. The van der Waals surface area contributed by atoms with Gasteiger partial charge in [-0.15, -0.1) is 0 Å². The first-order valence-electron chi connectivity index (χ1n) is 7.47. The van der Waals surface area contributed by atoms with Crippen molar-refractivity contribution in [1.29, 1.82) is 0 Å². The van der Waals surface area contributed by atoms with Gasteiger partial charge >= 0.3 is 0 Å². The number of rotatable bonds is 6. The Morgan fingerprint density at radius 3 is 2.39 bits per heavy atom. The Balaban J connectivity index is 1.93. The summed E-state index contributed by atoms with van der Waals surface area (Å²) in [5.74, 6) is -0.460. The van der Waals surface area contributed by atoms with Crippen LogP contribution in [0.5, 0.6) is 0 Å². The first-order valence-corrected chi connectivity index (χ1v) is 7.47. The fourth-order valence-electron chi connectivity index (χ4n) is 2.21. The van der Waals surface area contributed by atoms with Crippen LogP contribution in [0.1, 0.15) is 16.7 Å². The molecule has 0 radical (unpaired) electrons. The molecule has 0 unspecified atom stereocenters. The molecule has 0 aliphatic heterocycles. The summed E-state index contributed by atoms with van der Waals surface area (Å²) >= 11 is 0. The van der Waals surface area contributed by atoms with Gasteiger partial charge in [0.2, 0.25) is 5.91 Å². The predicted octanol–water partition coefficient (Wildman–Crippen LogP) is 3.22. The van der Waals surface area contributed by atoms with Crippen molar-refractivity contribution >= 4 is 12.0 Å². The smallest absolute Gasteiger partial charge is 0.244 e. The van der Waals surface area contributed by atoms with Crippen LogP contribution in [0, 0.1) is 5.82 Å². The second kappa shape index (κ2) is 8.25. The maximum atomic E-state index is 12.8. The van der Waals surface area contributed by atoms with Crippen molar-refractivity contribution < 1.29 is 9.18 Å². The molecule has 120 valence electrons. The zero-order chi connectivity index (χ0) is 16.7. The van der Waals surface area contributed by atoms with Crippen molar-refractivity contribution in [2.24, 2.45) is 0 Å². The predicted molar refractivity (Wildman–Crippen MR) is 91.1 cm³/mol. The lowest BCUT2D eigenvalue weighted by Crippen LogP contribution is -2.22. The average Bonchev–Trinajstić information content (AvgIpc) is 2.53. The topological polar surface area (TPSA) is 32.3 Å². The standard InChI is InChI=1S/C19H21FN2O/c1-22(2)14-17-6-4-3-5-16(17)13-21-19(23)12-9-15-7-10-18(20)11-8-15/h3-12H,13-14H2,1-2H3,(H,21,23)/b12-9+. The second-order valence-electron chi connectivity index (χ2n) is 5.61. The Morgan fingerprint density at radius 2 is 1.74 bits per heavy atom. The van der Waals surface area contributed by atoms with Gasteiger partial charge in [0, 0.05) is 19.2 Å². The van der Waals surface area contributed by atoms with E-state index in [0.717, 1.165) is 17.7 Å². The number of carbonyl (C=O) groups excluding carboxylic acids is 1. The normalized spacial score (nSPS) is 11.1. The minimum Gasteiger partial charge on any atom is -0.348 e. The van der Waals surface area contributed by atoms with E-state index in [1.165, 1.54) is 23.8 Å². The maximum absolute atomic E-state index is 12.8. The highest BCUT2D eigenvalue weighted by molar-refractivity contribution is 5.91. The van der Waals surface area contributed by atoms with Crippen molar-refractivity contribution in [3.05, 3.63) is 77.1 Å². The summed E-state index contributed by atoms with van der Waals surface area (Å²) in [6, 6.07) is 14.0. The minimum atomic E-state index is -0.288. The first kappa shape index (κ1) is 16.9. The molecule has 1 N–H and O–H groups in total. The molecule has 0 aliphatic carbocycles.